The second-order valence-electron chi connectivity index (χ2n) is 8.40. The molecule has 31 heavy (non-hydrogen) atoms. The minimum atomic E-state index is -3.31. The molecule has 1 aromatic heterocycles. The molecular formula is C25H30N2O3S. The molecule has 0 spiro atoms. The Labute approximate surface area is 185 Å². The van der Waals surface area contributed by atoms with Gasteiger partial charge in [-0.2, -0.15) is 0 Å². The third-order valence-electron chi connectivity index (χ3n) is 6.13. The van der Waals surface area contributed by atoms with Crippen LogP contribution in [0.25, 0.3) is 11.3 Å². The summed E-state index contributed by atoms with van der Waals surface area (Å²) in [7, 11) is 0.772. The van der Waals surface area contributed by atoms with E-state index in [4.69, 9.17) is 4.42 Å². The average molecular weight is 439 g/mol. The topological polar surface area (TPSA) is 53.8 Å². The monoisotopic (exact) mass is 438 g/mol. The Bertz CT molecular complexity index is 1060. The van der Waals surface area contributed by atoms with Gasteiger partial charge in [0.05, 0.1) is 16.4 Å². The van der Waals surface area contributed by atoms with Gasteiger partial charge in [-0.1, -0.05) is 12.1 Å². The van der Waals surface area contributed by atoms with Gasteiger partial charge >= 0.3 is 0 Å². The van der Waals surface area contributed by atoms with Gasteiger partial charge in [-0.05, 0) is 86.4 Å². The lowest BCUT2D eigenvalue weighted by Crippen LogP contribution is -2.40. The molecule has 0 saturated carbocycles. The highest BCUT2D eigenvalue weighted by atomic mass is 32.2. The lowest BCUT2D eigenvalue weighted by Gasteiger charge is -2.31. The van der Waals surface area contributed by atoms with Crippen molar-refractivity contribution in [2.45, 2.75) is 29.4 Å². The maximum Gasteiger partial charge on any atom is 0.181 e. The number of nitrogens with zero attached hydrogens (tertiary/aromatic N) is 2. The maximum absolute atomic E-state index is 13.1. The lowest BCUT2D eigenvalue weighted by molar-refractivity contribution is 0.232. The van der Waals surface area contributed by atoms with Gasteiger partial charge in [-0.3, -0.25) is 0 Å². The summed E-state index contributed by atoms with van der Waals surface area (Å²) in [4.78, 5) is 4.88. The Balaban J connectivity index is 1.31. The molecular weight excluding hydrogens is 408 g/mol. The van der Waals surface area contributed by atoms with Crippen molar-refractivity contribution in [3.05, 3.63) is 72.5 Å². The van der Waals surface area contributed by atoms with Crippen LogP contribution in [0.3, 0.4) is 0 Å². The zero-order valence-corrected chi connectivity index (χ0v) is 19.0. The summed E-state index contributed by atoms with van der Waals surface area (Å²) >= 11 is 0. The van der Waals surface area contributed by atoms with E-state index in [2.05, 4.69) is 34.1 Å². The van der Waals surface area contributed by atoms with Crippen LogP contribution < -0.4 is 4.90 Å². The predicted molar refractivity (Wildman–Crippen MR) is 125 cm³/mol. The van der Waals surface area contributed by atoms with Crippen molar-refractivity contribution in [3.8, 4) is 11.3 Å². The molecule has 1 aliphatic heterocycles. The summed E-state index contributed by atoms with van der Waals surface area (Å²) in [6.07, 6.45) is 3.97. The first-order valence-electron chi connectivity index (χ1n) is 10.8. The molecule has 0 N–H and O–H groups in total. The SMILES string of the molecule is CN(C)c1ccc(CCN2CCC(S(=O)(=O)c3ccc(-c4ccco4)cc3)CC2)cc1. The molecule has 6 heteroatoms. The van der Waals surface area contributed by atoms with E-state index in [-0.39, 0.29) is 5.25 Å². The van der Waals surface area contributed by atoms with Crippen LogP contribution in [0.15, 0.2) is 76.2 Å². The van der Waals surface area contributed by atoms with E-state index in [1.807, 2.05) is 38.4 Å². The molecule has 1 fully saturated rings. The molecule has 1 aliphatic rings. The van der Waals surface area contributed by atoms with Crippen LogP contribution in [0, 0.1) is 0 Å². The highest BCUT2D eigenvalue weighted by molar-refractivity contribution is 7.92. The zero-order chi connectivity index (χ0) is 21.8. The number of sulfone groups is 1. The molecule has 2 heterocycles. The van der Waals surface area contributed by atoms with Crippen molar-refractivity contribution >= 4 is 15.5 Å². The minimum Gasteiger partial charge on any atom is -0.464 e. The fourth-order valence-corrected chi connectivity index (χ4v) is 5.87. The highest BCUT2D eigenvalue weighted by Gasteiger charge is 2.31. The predicted octanol–water partition coefficient (Wildman–Crippen LogP) is 4.49. The third kappa shape index (κ3) is 5.02. The van der Waals surface area contributed by atoms with Gasteiger partial charge in [0, 0.05) is 31.9 Å². The molecule has 4 rings (SSSR count). The van der Waals surface area contributed by atoms with E-state index in [0.717, 1.165) is 37.4 Å². The molecule has 164 valence electrons. The smallest absolute Gasteiger partial charge is 0.181 e. The van der Waals surface area contributed by atoms with Gasteiger partial charge in [0.25, 0.3) is 0 Å². The van der Waals surface area contributed by atoms with E-state index >= 15 is 0 Å². The number of anilines is 1. The van der Waals surface area contributed by atoms with E-state index in [1.54, 1.807) is 18.4 Å². The second kappa shape index (κ2) is 9.28. The van der Waals surface area contributed by atoms with Crippen LogP contribution in [0.2, 0.25) is 0 Å². The van der Waals surface area contributed by atoms with Crippen molar-refractivity contribution in [1.82, 2.24) is 4.90 Å². The summed E-state index contributed by atoms with van der Waals surface area (Å²) in [5.41, 5.74) is 3.40. The fourth-order valence-electron chi connectivity index (χ4n) is 4.14. The standard InChI is InChI=1S/C25H30N2O3S/c1-26(2)22-9-5-20(6-10-22)13-16-27-17-14-24(15-18-27)31(28,29)23-11-7-21(8-12-23)25-4-3-19-30-25/h3-12,19,24H,13-18H2,1-2H3. The molecule has 0 amide bonds. The van der Waals surface area contributed by atoms with Crippen LogP contribution >= 0.6 is 0 Å². The maximum atomic E-state index is 13.1. The molecule has 0 atom stereocenters. The molecule has 0 aliphatic carbocycles. The van der Waals surface area contributed by atoms with E-state index < -0.39 is 9.84 Å². The summed E-state index contributed by atoms with van der Waals surface area (Å²) in [5.74, 6) is 0.744. The molecule has 1 saturated heterocycles. The normalized spacial score (nSPS) is 15.8. The van der Waals surface area contributed by atoms with Gasteiger partial charge in [0.2, 0.25) is 0 Å². The van der Waals surface area contributed by atoms with Crippen molar-refractivity contribution in [2.75, 3.05) is 38.6 Å². The molecule has 5 nitrogen and oxygen atoms in total. The first-order chi connectivity index (χ1) is 14.9. The summed E-state index contributed by atoms with van der Waals surface area (Å²) < 4.78 is 31.6. The van der Waals surface area contributed by atoms with Gasteiger partial charge in [-0.25, -0.2) is 8.42 Å². The van der Waals surface area contributed by atoms with Crippen LogP contribution in [-0.4, -0.2) is 52.3 Å². The Hall–Kier alpha value is -2.57. The van der Waals surface area contributed by atoms with E-state index in [9.17, 15) is 8.42 Å². The number of rotatable bonds is 7. The van der Waals surface area contributed by atoms with Crippen LogP contribution in [0.4, 0.5) is 5.69 Å². The van der Waals surface area contributed by atoms with Gasteiger partial charge in [-0.15, -0.1) is 0 Å². The van der Waals surface area contributed by atoms with Crippen molar-refractivity contribution in [3.63, 3.8) is 0 Å². The number of hydrogen-bond donors (Lipinski definition) is 0. The Morgan fingerprint density at radius 2 is 1.65 bits per heavy atom. The second-order valence-corrected chi connectivity index (χ2v) is 10.6. The van der Waals surface area contributed by atoms with Crippen molar-refractivity contribution in [1.29, 1.82) is 0 Å². The summed E-state index contributed by atoms with van der Waals surface area (Å²) in [5, 5.41) is -0.308. The van der Waals surface area contributed by atoms with E-state index in [1.165, 1.54) is 11.3 Å². The summed E-state index contributed by atoms with van der Waals surface area (Å²) in [6, 6.07) is 19.4. The average Bonchev–Trinajstić information content (AvgIpc) is 3.33. The number of benzene rings is 2. The van der Waals surface area contributed by atoms with Gasteiger partial charge < -0.3 is 14.2 Å². The molecule has 2 aromatic carbocycles. The number of furan rings is 1. The minimum absolute atomic E-state index is 0.308. The van der Waals surface area contributed by atoms with Crippen molar-refractivity contribution < 1.29 is 12.8 Å². The molecule has 0 unspecified atom stereocenters. The van der Waals surface area contributed by atoms with Crippen molar-refractivity contribution in [2.24, 2.45) is 0 Å². The lowest BCUT2D eigenvalue weighted by atomic mass is 10.1. The fraction of sp³-hybridized carbons (Fsp3) is 0.360. The quantitative estimate of drug-likeness (QED) is 0.544. The Morgan fingerprint density at radius 3 is 2.23 bits per heavy atom. The number of hydrogen-bond acceptors (Lipinski definition) is 5. The highest BCUT2D eigenvalue weighted by Crippen LogP contribution is 2.27. The first-order valence-corrected chi connectivity index (χ1v) is 12.3. The number of likely N-dealkylation sites (tertiary alicyclic amines) is 1. The van der Waals surface area contributed by atoms with Crippen LogP contribution in [0.5, 0.6) is 0 Å². The zero-order valence-electron chi connectivity index (χ0n) is 18.2. The van der Waals surface area contributed by atoms with Gasteiger partial charge in [0.1, 0.15) is 5.76 Å². The Morgan fingerprint density at radius 1 is 0.968 bits per heavy atom. The number of piperidine rings is 1. The molecule has 3 aromatic rings. The molecule has 0 bridgehead atoms. The third-order valence-corrected chi connectivity index (χ3v) is 8.41. The van der Waals surface area contributed by atoms with Gasteiger partial charge in [0.15, 0.2) is 9.84 Å². The van der Waals surface area contributed by atoms with E-state index in [0.29, 0.717) is 17.7 Å². The van der Waals surface area contributed by atoms with Crippen LogP contribution in [-0.2, 0) is 16.3 Å². The largest absolute Gasteiger partial charge is 0.464 e. The first kappa shape index (κ1) is 21.7. The molecule has 0 radical (unpaired) electrons. The Kier molecular flexibility index (Phi) is 6.49. The van der Waals surface area contributed by atoms with Crippen LogP contribution in [0.1, 0.15) is 18.4 Å². The summed E-state index contributed by atoms with van der Waals surface area (Å²) in [6.45, 7) is 2.61.